The summed E-state index contributed by atoms with van der Waals surface area (Å²) in [5, 5.41) is 0. The summed E-state index contributed by atoms with van der Waals surface area (Å²) in [6.07, 6.45) is 51.7. The number of ether oxygens (including phenoxy) is 2. The lowest BCUT2D eigenvalue weighted by Crippen LogP contribution is -2.30. The molecule has 0 saturated carbocycles. The molecule has 346 valence electrons. The van der Waals surface area contributed by atoms with Crippen LogP contribution in [0, 0.1) is 10.8 Å². The Kier molecular flexibility index (Phi) is 41.8. The lowest BCUT2D eigenvalue weighted by atomic mass is 9.79. The fourth-order valence-electron chi connectivity index (χ4n) is 8.84. The van der Waals surface area contributed by atoms with E-state index in [4.69, 9.17) is 9.47 Å². The fraction of sp³-hybridized carbons (Fsp3) is 0.963. The zero-order valence-electron chi connectivity index (χ0n) is 40.7. The normalized spacial score (nSPS) is 13.7. The van der Waals surface area contributed by atoms with E-state index in [2.05, 4.69) is 41.5 Å². The van der Waals surface area contributed by atoms with E-state index in [1.807, 2.05) is 0 Å². The average Bonchev–Trinajstić information content (AvgIpc) is 3.22. The monoisotopic (exact) mass is 819 g/mol. The standard InChI is InChI=1S/C54H106O4/c1-7-11-15-19-23-27-33-39-45-53(5,51(55)57-49-43-37-31-25-21-17-13-9-3)47-41-35-29-30-36-42-48-54(6,46-40-34-28-24-20-16-12-8-2)52(56)58-50-44-38-32-26-22-18-14-10-4/h7-50H2,1-6H3. The molecule has 2 atom stereocenters. The van der Waals surface area contributed by atoms with Crippen LogP contribution < -0.4 is 0 Å². The minimum atomic E-state index is -0.353. The van der Waals surface area contributed by atoms with Crippen LogP contribution in [0.25, 0.3) is 0 Å². The molecule has 0 saturated heterocycles. The highest BCUT2D eigenvalue weighted by Crippen LogP contribution is 2.35. The first kappa shape index (κ1) is 56.9. The van der Waals surface area contributed by atoms with Gasteiger partial charge in [0.1, 0.15) is 0 Å². The topological polar surface area (TPSA) is 52.6 Å². The number of unbranched alkanes of at least 4 members (excludes halogenated alkanes) is 33. The predicted molar refractivity (Wildman–Crippen MR) is 255 cm³/mol. The van der Waals surface area contributed by atoms with Crippen molar-refractivity contribution in [1.82, 2.24) is 0 Å². The molecule has 4 heteroatoms. The van der Waals surface area contributed by atoms with E-state index in [-0.39, 0.29) is 22.8 Å². The molecule has 0 fully saturated rings. The van der Waals surface area contributed by atoms with E-state index in [1.54, 1.807) is 0 Å². The average molecular weight is 819 g/mol. The van der Waals surface area contributed by atoms with Gasteiger partial charge >= 0.3 is 11.9 Å². The molecule has 0 aliphatic heterocycles. The summed E-state index contributed by atoms with van der Waals surface area (Å²) < 4.78 is 12.0. The third kappa shape index (κ3) is 34.6. The first-order chi connectivity index (χ1) is 28.3. The van der Waals surface area contributed by atoms with E-state index >= 15 is 0 Å². The van der Waals surface area contributed by atoms with Crippen molar-refractivity contribution in [3.63, 3.8) is 0 Å². The van der Waals surface area contributed by atoms with Crippen molar-refractivity contribution in [2.24, 2.45) is 10.8 Å². The molecule has 0 amide bonds. The van der Waals surface area contributed by atoms with Gasteiger partial charge in [0.05, 0.1) is 24.0 Å². The first-order valence-corrected chi connectivity index (χ1v) is 26.6. The zero-order valence-corrected chi connectivity index (χ0v) is 40.7. The molecule has 0 spiro atoms. The molecular weight excluding hydrogens is 713 g/mol. The van der Waals surface area contributed by atoms with Crippen LogP contribution in [0.4, 0.5) is 0 Å². The van der Waals surface area contributed by atoms with Crippen LogP contribution in [-0.2, 0) is 19.1 Å². The smallest absolute Gasteiger partial charge is 0.311 e. The number of hydrogen-bond acceptors (Lipinski definition) is 4. The van der Waals surface area contributed by atoms with Crippen LogP contribution in [0.3, 0.4) is 0 Å². The second-order valence-electron chi connectivity index (χ2n) is 19.4. The molecule has 0 N–H and O–H groups in total. The number of esters is 2. The fourth-order valence-corrected chi connectivity index (χ4v) is 8.84. The molecule has 0 aliphatic rings. The van der Waals surface area contributed by atoms with Crippen molar-refractivity contribution in [2.75, 3.05) is 13.2 Å². The number of carbonyl (C=O) groups is 2. The van der Waals surface area contributed by atoms with Gasteiger partial charge in [-0.1, -0.05) is 259 Å². The molecule has 0 rings (SSSR count). The van der Waals surface area contributed by atoms with Gasteiger partial charge in [-0.2, -0.15) is 0 Å². The summed E-state index contributed by atoms with van der Waals surface area (Å²) in [6.45, 7) is 14.7. The van der Waals surface area contributed by atoms with E-state index in [0.29, 0.717) is 13.2 Å². The van der Waals surface area contributed by atoms with Gasteiger partial charge in [-0.3, -0.25) is 9.59 Å². The maximum absolute atomic E-state index is 13.5. The van der Waals surface area contributed by atoms with Gasteiger partial charge in [-0.25, -0.2) is 0 Å². The van der Waals surface area contributed by atoms with Gasteiger partial charge < -0.3 is 9.47 Å². The summed E-state index contributed by atoms with van der Waals surface area (Å²) in [7, 11) is 0. The summed E-state index contributed by atoms with van der Waals surface area (Å²) in [5.74, 6) is 0.118. The van der Waals surface area contributed by atoms with Gasteiger partial charge in [0, 0.05) is 0 Å². The van der Waals surface area contributed by atoms with E-state index in [0.717, 1.165) is 64.2 Å². The third-order valence-electron chi connectivity index (χ3n) is 13.3. The van der Waals surface area contributed by atoms with Crippen LogP contribution in [0.2, 0.25) is 0 Å². The Morgan fingerprint density at radius 1 is 0.276 bits per heavy atom. The van der Waals surface area contributed by atoms with Gasteiger partial charge in [0.15, 0.2) is 0 Å². The molecule has 0 aromatic rings. The van der Waals surface area contributed by atoms with E-state index in [1.165, 1.54) is 205 Å². The van der Waals surface area contributed by atoms with Gasteiger partial charge in [0.2, 0.25) is 0 Å². The molecule has 0 aliphatic carbocycles. The highest BCUT2D eigenvalue weighted by molar-refractivity contribution is 5.76. The highest BCUT2D eigenvalue weighted by atomic mass is 16.5. The Labute approximate surface area is 365 Å². The second kappa shape index (κ2) is 42.6. The van der Waals surface area contributed by atoms with Crippen molar-refractivity contribution in [1.29, 1.82) is 0 Å². The van der Waals surface area contributed by atoms with Gasteiger partial charge in [-0.15, -0.1) is 0 Å². The Bertz CT molecular complexity index is 801. The Balaban J connectivity index is 4.80. The molecule has 4 nitrogen and oxygen atoms in total. The van der Waals surface area contributed by atoms with Gasteiger partial charge in [-0.05, 0) is 52.4 Å². The molecule has 58 heavy (non-hydrogen) atoms. The first-order valence-electron chi connectivity index (χ1n) is 26.6. The van der Waals surface area contributed by atoms with Crippen molar-refractivity contribution in [3.8, 4) is 0 Å². The van der Waals surface area contributed by atoms with Crippen molar-refractivity contribution >= 4 is 11.9 Å². The Hall–Kier alpha value is -1.06. The maximum Gasteiger partial charge on any atom is 0.311 e. The lowest BCUT2D eigenvalue weighted by molar-refractivity contribution is -0.157. The second-order valence-corrected chi connectivity index (χ2v) is 19.4. The Morgan fingerprint density at radius 2 is 0.448 bits per heavy atom. The number of carbonyl (C=O) groups excluding carboxylic acids is 2. The number of hydrogen-bond donors (Lipinski definition) is 0. The lowest BCUT2D eigenvalue weighted by Gasteiger charge is -2.28. The van der Waals surface area contributed by atoms with Crippen molar-refractivity contribution in [3.05, 3.63) is 0 Å². The summed E-state index contributed by atoms with van der Waals surface area (Å²) in [6, 6.07) is 0. The summed E-state index contributed by atoms with van der Waals surface area (Å²) >= 11 is 0. The van der Waals surface area contributed by atoms with Gasteiger partial charge in [0.25, 0.3) is 0 Å². The summed E-state index contributed by atoms with van der Waals surface area (Å²) in [5.41, 5.74) is -0.705. The molecule has 0 aromatic carbocycles. The molecule has 2 unspecified atom stereocenters. The molecule has 0 bridgehead atoms. The van der Waals surface area contributed by atoms with E-state index in [9.17, 15) is 9.59 Å². The predicted octanol–water partition coefficient (Wildman–Crippen LogP) is 18.5. The minimum Gasteiger partial charge on any atom is -0.465 e. The molecule has 0 radical (unpaired) electrons. The quantitative estimate of drug-likeness (QED) is 0.0453. The largest absolute Gasteiger partial charge is 0.465 e. The van der Waals surface area contributed by atoms with Crippen molar-refractivity contribution < 1.29 is 19.1 Å². The summed E-state index contributed by atoms with van der Waals surface area (Å²) in [4.78, 5) is 27.1. The van der Waals surface area contributed by atoms with Crippen LogP contribution in [-0.4, -0.2) is 25.2 Å². The highest BCUT2D eigenvalue weighted by Gasteiger charge is 2.35. The van der Waals surface area contributed by atoms with Crippen LogP contribution in [0.1, 0.15) is 311 Å². The minimum absolute atomic E-state index is 0.0588. The molecule has 0 heterocycles. The SMILES string of the molecule is CCCCCCCCCCOC(=O)C(C)(CCCCCCCCCC)CCCCCCCCC(C)(CCCCCCCCCC)C(=O)OCCCCCCCCCC. The zero-order chi connectivity index (χ0) is 42.7. The Morgan fingerprint density at radius 3 is 0.655 bits per heavy atom. The molecule has 0 aromatic heterocycles. The maximum atomic E-state index is 13.5. The van der Waals surface area contributed by atoms with Crippen LogP contribution in [0.5, 0.6) is 0 Å². The van der Waals surface area contributed by atoms with Crippen molar-refractivity contribution in [2.45, 2.75) is 311 Å². The molecular formula is C54H106O4. The van der Waals surface area contributed by atoms with E-state index < -0.39 is 0 Å². The third-order valence-corrected chi connectivity index (χ3v) is 13.3. The van der Waals surface area contributed by atoms with Crippen LogP contribution in [0.15, 0.2) is 0 Å². The van der Waals surface area contributed by atoms with Crippen LogP contribution >= 0.6 is 0 Å². The number of rotatable bonds is 47.